The molecule has 0 radical (unpaired) electrons. The van der Waals surface area contributed by atoms with Crippen LogP contribution in [0.15, 0.2) is 41.5 Å². The fourth-order valence-electron chi connectivity index (χ4n) is 1.81. The monoisotopic (exact) mass is 286 g/mol. The van der Waals surface area contributed by atoms with Gasteiger partial charge in [-0.25, -0.2) is 5.43 Å². The van der Waals surface area contributed by atoms with E-state index in [0.717, 1.165) is 0 Å². The molecule has 4 N–H and O–H groups in total. The molecular formula is C15H14N2O4. The van der Waals surface area contributed by atoms with Gasteiger partial charge in [0.15, 0.2) is 0 Å². The highest BCUT2D eigenvalue weighted by atomic mass is 16.3. The van der Waals surface area contributed by atoms with Crippen molar-refractivity contribution in [2.75, 3.05) is 0 Å². The number of hydrogen-bond acceptors (Lipinski definition) is 5. The van der Waals surface area contributed by atoms with Crippen LogP contribution >= 0.6 is 0 Å². The molecule has 1 amide bonds. The van der Waals surface area contributed by atoms with E-state index in [0.29, 0.717) is 11.1 Å². The zero-order chi connectivity index (χ0) is 15.4. The first-order valence-electron chi connectivity index (χ1n) is 6.13. The average molecular weight is 286 g/mol. The molecule has 0 aromatic heterocycles. The second-order valence-electron chi connectivity index (χ2n) is 4.41. The number of para-hydroxylation sites is 1. The number of carbonyl (C=O) groups is 1. The van der Waals surface area contributed by atoms with Gasteiger partial charge in [-0.1, -0.05) is 12.1 Å². The molecular weight excluding hydrogens is 272 g/mol. The minimum absolute atomic E-state index is 0.0552. The van der Waals surface area contributed by atoms with Crippen molar-refractivity contribution in [1.29, 1.82) is 0 Å². The molecule has 0 aliphatic carbocycles. The smallest absolute Gasteiger partial charge is 0.275 e. The summed E-state index contributed by atoms with van der Waals surface area (Å²) in [4.78, 5) is 11.8. The highest BCUT2D eigenvalue weighted by molar-refractivity contribution is 5.97. The minimum atomic E-state index is -0.569. The fraction of sp³-hybridized carbons (Fsp3) is 0.0667. The summed E-state index contributed by atoms with van der Waals surface area (Å²) in [6.07, 6.45) is 1.27. The molecule has 0 aliphatic heterocycles. The summed E-state index contributed by atoms with van der Waals surface area (Å²) in [5, 5.41) is 32.3. The predicted molar refractivity (Wildman–Crippen MR) is 77.7 cm³/mol. The molecule has 6 nitrogen and oxygen atoms in total. The maximum Gasteiger partial charge on any atom is 0.275 e. The van der Waals surface area contributed by atoms with Gasteiger partial charge in [0.25, 0.3) is 5.91 Å². The van der Waals surface area contributed by atoms with Crippen LogP contribution in [0, 0.1) is 6.92 Å². The lowest BCUT2D eigenvalue weighted by molar-refractivity contribution is 0.0952. The number of phenolic OH excluding ortho intramolecular Hbond substituents is 3. The van der Waals surface area contributed by atoms with Crippen molar-refractivity contribution in [2.24, 2.45) is 5.10 Å². The summed E-state index contributed by atoms with van der Waals surface area (Å²) < 4.78 is 0. The van der Waals surface area contributed by atoms with E-state index < -0.39 is 5.91 Å². The Morgan fingerprint density at radius 2 is 1.86 bits per heavy atom. The molecule has 6 heteroatoms. The van der Waals surface area contributed by atoms with Gasteiger partial charge < -0.3 is 15.3 Å². The molecule has 0 saturated heterocycles. The third-order valence-electron chi connectivity index (χ3n) is 2.86. The molecule has 0 spiro atoms. The molecule has 2 aromatic rings. The molecule has 108 valence electrons. The third kappa shape index (κ3) is 3.30. The Labute approximate surface area is 121 Å². The Morgan fingerprint density at radius 1 is 1.14 bits per heavy atom. The topological polar surface area (TPSA) is 102 Å². The van der Waals surface area contributed by atoms with Gasteiger partial charge in [-0.15, -0.1) is 0 Å². The summed E-state index contributed by atoms with van der Waals surface area (Å²) in [6.45, 7) is 1.69. The van der Waals surface area contributed by atoms with Gasteiger partial charge in [0, 0.05) is 11.6 Å². The van der Waals surface area contributed by atoms with Crippen molar-refractivity contribution in [3.05, 3.63) is 53.1 Å². The Hall–Kier alpha value is -3.02. The third-order valence-corrected chi connectivity index (χ3v) is 2.86. The molecule has 2 aromatic carbocycles. The van der Waals surface area contributed by atoms with Crippen molar-refractivity contribution in [3.8, 4) is 17.2 Å². The number of rotatable bonds is 3. The van der Waals surface area contributed by atoms with Crippen molar-refractivity contribution in [3.63, 3.8) is 0 Å². The first kappa shape index (κ1) is 14.4. The van der Waals surface area contributed by atoms with E-state index in [2.05, 4.69) is 10.5 Å². The summed E-state index contributed by atoms with van der Waals surface area (Å²) in [5.74, 6) is -0.914. The van der Waals surface area contributed by atoms with E-state index in [4.69, 9.17) is 0 Å². The van der Waals surface area contributed by atoms with Gasteiger partial charge in [-0.2, -0.15) is 5.10 Å². The number of hydrogen-bond donors (Lipinski definition) is 4. The maximum absolute atomic E-state index is 11.8. The zero-order valence-electron chi connectivity index (χ0n) is 11.2. The van der Waals surface area contributed by atoms with Crippen LogP contribution in [-0.2, 0) is 0 Å². The number of phenols is 3. The van der Waals surface area contributed by atoms with E-state index in [-0.39, 0.29) is 22.8 Å². The van der Waals surface area contributed by atoms with Gasteiger partial charge in [-0.05, 0) is 30.7 Å². The van der Waals surface area contributed by atoms with E-state index >= 15 is 0 Å². The molecule has 0 atom stereocenters. The number of hydrazone groups is 1. The lowest BCUT2D eigenvalue weighted by Crippen LogP contribution is -2.17. The molecule has 21 heavy (non-hydrogen) atoms. The van der Waals surface area contributed by atoms with Crippen molar-refractivity contribution in [2.45, 2.75) is 6.92 Å². The Morgan fingerprint density at radius 3 is 2.52 bits per heavy atom. The van der Waals surface area contributed by atoms with E-state index in [9.17, 15) is 20.1 Å². The van der Waals surface area contributed by atoms with E-state index in [1.807, 2.05) is 0 Å². The number of nitrogens with one attached hydrogen (secondary N) is 1. The summed E-state index contributed by atoms with van der Waals surface area (Å²) in [5.41, 5.74) is 3.34. The van der Waals surface area contributed by atoms with Crippen LogP contribution in [0.25, 0.3) is 0 Å². The van der Waals surface area contributed by atoms with Gasteiger partial charge in [0.05, 0.1) is 11.8 Å². The predicted octanol–water partition coefficient (Wildman–Crippen LogP) is 1.88. The molecule has 0 fully saturated rings. The Bertz CT molecular complexity index is 688. The van der Waals surface area contributed by atoms with Crippen molar-refractivity contribution in [1.82, 2.24) is 5.43 Å². The van der Waals surface area contributed by atoms with Crippen LogP contribution in [0.5, 0.6) is 17.2 Å². The second-order valence-corrected chi connectivity index (χ2v) is 4.41. The number of aryl methyl sites for hydroxylation is 1. The summed E-state index contributed by atoms with van der Waals surface area (Å²) in [7, 11) is 0. The average Bonchev–Trinajstić information content (AvgIpc) is 2.42. The van der Waals surface area contributed by atoms with E-state index in [1.165, 1.54) is 30.5 Å². The van der Waals surface area contributed by atoms with Crippen molar-refractivity contribution < 1.29 is 20.1 Å². The normalized spacial score (nSPS) is 10.7. The number of carbonyl (C=O) groups excluding carboxylic acids is 1. The summed E-state index contributed by atoms with van der Waals surface area (Å²) in [6, 6.07) is 8.73. The number of amides is 1. The quantitative estimate of drug-likeness (QED) is 0.511. The SMILES string of the molecule is Cc1cc(O)cc(O)c1/C=N/NC(=O)c1ccccc1O. The maximum atomic E-state index is 11.8. The van der Waals surface area contributed by atoms with Gasteiger partial charge in [0.2, 0.25) is 0 Å². The largest absolute Gasteiger partial charge is 0.508 e. The lowest BCUT2D eigenvalue weighted by atomic mass is 10.1. The fourth-order valence-corrected chi connectivity index (χ4v) is 1.81. The number of aromatic hydroxyl groups is 3. The number of nitrogens with zero attached hydrogens (tertiary/aromatic N) is 1. The van der Waals surface area contributed by atoms with Crippen LogP contribution in [-0.4, -0.2) is 27.4 Å². The minimum Gasteiger partial charge on any atom is -0.508 e. The zero-order valence-corrected chi connectivity index (χ0v) is 11.2. The van der Waals surface area contributed by atoms with E-state index in [1.54, 1.807) is 19.1 Å². The first-order chi connectivity index (χ1) is 9.99. The van der Waals surface area contributed by atoms with Crippen LogP contribution < -0.4 is 5.43 Å². The standard InChI is InChI=1S/C15H14N2O4/c1-9-6-10(18)7-14(20)12(9)8-16-17-15(21)11-4-2-3-5-13(11)19/h2-8,18-20H,1H3,(H,17,21)/b16-8+. The highest BCUT2D eigenvalue weighted by Gasteiger charge is 2.09. The van der Waals surface area contributed by atoms with Gasteiger partial charge >= 0.3 is 0 Å². The number of benzene rings is 2. The molecule has 0 saturated carbocycles. The molecule has 0 aliphatic rings. The van der Waals surface area contributed by atoms with Crippen LogP contribution in [0.3, 0.4) is 0 Å². The molecule has 0 bridgehead atoms. The molecule has 2 rings (SSSR count). The Kier molecular flexibility index (Phi) is 4.08. The van der Waals surface area contributed by atoms with Crippen LogP contribution in [0.2, 0.25) is 0 Å². The van der Waals surface area contributed by atoms with Crippen LogP contribution in [0.1, 0.15) is 21.5 Å². The summed E-state index contributed by atoms with van der Waals surface area (Å²) >= 11 is 0. The second kappa shape index (κ2) is 5.96. The van der Waals surface area contributed by atoms with Crippen LogP contribution in [0.4, 0.5) is 0 Å². The first-order valence-corrected chi connectivity index (χ1v) is 6.13. The molecule has 0 heterocycles. The van der Waals surface area contributed by atoms with Crippen molar-refractivity contribution >= 4 is 12.1 Å². The highest BCUT2D eigenvalue weighted by Crippen LogP contribution is 2.25. The van der Waals surface area contributed by atoms with Gasteiger partial charge in [0.1, 0.15) is 17.2 Å². The Balaban J connectivity index is 2.13. The lowest BCUT2D eigenvalue weighted by Gasteiger charge is -2.05. The molecule has 0 unspecified atom stereocenters. The van der Waals surface area contributed by atoms with Gasteiger partial charge in [-0.3, -0.25) is 4.79 Å².